The fourth-order valence-electron chi connectivity index (χ4n) is 9.88. The summed E-state index contributed by atoms with van der Waals surface area (Å²) in [5, 5.41) is 2.27. The van der Waals surface area contributed by atoms with Crippen LogP contribution in [0.5, 0.6) is 0 Å². The van der Waals surface area contributed by atoms with E-state index in [-0.39, 0.29) is 0 Å². The van der Waals surface area contributed by atoms with E-state index in [0.29, 0.717) is 17.6 Å². The van der Waals surface area contributed by atoms with Crippen molar-refractivity contribution in [1.82, 2.24) is 29.1 Å². The van der Waals surface area contributed by atoms with E-state index in [2.05, 4.69) is 143 Å². The van der Waals surface area contributed by atoms with Gasteiger partial charge in [-0.3, -0.25) is 9.13 Å². The Labute approximate surface area is 339 Å². The van der Waals surface area contributed by atoms with Crippen molar-refractivity contribution in [2.75, 3.05) is 0 Å². The minimum absolute atomic E-state index is 0.566. The van der Waals surface area contributed by atoms with E-state index in [0.717, 1.165) is 60.9 Å². The first-order valence-corrected chi connectivity index (χ1v) is 20.0. The number of fused-ring (bicyclic) bond motifs is 15. The molecule has 1 spiro atoms. The van der Waals surface area contributed by atoms with Gasteiger partial charge in [0, 0.05) is 21.9 Å². The number of para-hydroxylation sites is 3. The first-order valence-electron chi connectivity index (χ1n) is 20.0. The van der Waals surface area contributed by atoms with E-state index in [1.807, 2.05) is 60.7 Å². The van der Waals surface area contributed by atoms with Crippen molar-refractivity contribution in [3.8, 4) is 56.7 Å². The fourth-order valence-corrected chi connectivity index (χ4v) is 9.88. The highest BCUT2D eigenvalue weighted by Gasteiger charge is 2.54. The first kappa shape index (κ1) is 32.2. The lowest BCUT2D eigenvalue weighted by Crippen LogP contribution is -2.27. The summed E-state index contributed by atoms with van der Waals surface area (Å²) in [5.74, 6) is 2.89. The molecule has 0 radical (unpaired) electrons. The molecule has 13 rings (SSSR count). The van der Waals surface area contributed by atoms with Crippen LogP contribution in [0.1, 0.15) is 22.5 Å². The Hall–Kier alpha value is -7.96. The average Bonchev–Trinajstić information content (AvgIpc) is 4.02. The summed E-state index contributed by atoms with van der Waals surface area (Å²) in [6.45, 7) is 0. The third-order valence-corrected chi connectivity index (χ3v) is 12.4. The molecule has 2 aliphatic rings. The molecule has 0 saturated heterocycles. The predicted molar refractivity (Wildman–Crippen MR) is 236 cm³/mol. The third-order valence-electron chi connectivity index (χ3n) is 12.4. The van der Waals surface area contributed by atoms with Crippen LogP contribution in [0.3, 0.4) is 0 Å². The zero-order valence-electron chi connectivity index (χ0n) is 31.7. The second-order valence-corrected chi connectivity index (χ2v) is 15.4. The van der Waals surface area contributed by atoms with Gasteiger partial charge in [-0.15, -0.1) is 0 Å². The van der Waals surface area contributed by atoms with E-state index in [1.54, 1.807) is 0 Å². The molecule has 6 nitrogen and oxygen atoms in total. The van der Waals surface area contributed by atoms with Crippen molar-refractivity contribution >= 4 is 32.8 Å². The maximum absolute atomic E-state index is 5.44. The Bertz CT molecular complexity index is 3400. The predicted octanol–water partition coefficient (Wildman–Crippen LogP) is 12.0. The SMILES string of the molecule is c1ccc(-c2nc(-c3ccccc3)nc(-n3c4ccccc4c4cc(-c5ccc6c(c5)C5(c7ccccc7-c7ccccc75)c5nc7ccccc7n5-6)ccc43)n2)cc1. The highest BCUT2D eigenvalue weighted by Crippen LogP contribution is 2.60. The molecule has 274 valence electrons. The maximum Gasteiger partial charge on any atom is 0.238 e. The van der Waals surface area contributed by atoms with E-state index in [1.165, 1.54) is 33.5 Å². The lowest BCUT2D eigenvalue weighted by molar-refractivity contribution is 0.738. The lowest BCUT2D eigenvalue weighted by Gasteiger charge is -2.27. The average molecular weight is 753 g/mol. The van der Waals surface area contributed by atoms with Crippen molar-refractivity contribution < 1.29 is 0 Å². The minimum Gasteiger partial charge on any atom is -0.295 e. The molecule has 0 saturated carbocycles. The summed E-state index contributed by atoms with van der Waals surface area (Å²) in [6.07, 6.45) is 0. The number of hydrogen-bond donors (Lipinski definition) is 0. The van der Waals surface area contributed by atoms with Crippen molar-refractivity contribution in [2.24, 2.45) is 0 Å². The number of rotatable bonds is 4. The standard InChI is InChI=1S/C53H32N6/c1-3-15-33(16-4-1)49-55-50(34-17-5-2-6-18-34)57-52(56-49)59-45-25-13-9-21-39(45)40-31-35(27-29-46(40)59)36-28-30-47-43(32-36)53(51-54-44-24-12-14-26-48(44)58(47)51)41-22-10-7-19-37(41)38-20-8-11-23-42(38)53/h1-32H. The van der Waals surface area contributed by atoms with E-state index >= 15 is 0 Å². The highest BCUT2D eigenvalue weighted by molar-refractivity contribution is 6.10. The van der Waals surface area contributed by atoms with E-state index in [4.69, 9.17) is 19.9 Å². The summed E-state index contributed by atoms with van der Waals surface area (Å²) in [6, 6.07) is 68.9. The van der Waals surface area contributed by atoms with Gasteiger partial charge in [-0.25, -0.2) is 9.97 Å². The third kappa shape index (κ3) is 4.40. The number of hydrogen-bond acceptors (Lipinski definition) is 4. The molecule has 0 bridgehead atoms. The largest absolute Gasteiger partial charge is 0.295 e. The quantitative estimate of drug-likeness (QED) is 0.180. The molecule has 59 heavy (non-hydrogen) atoms. The van der Waals surface area contributed by atoms with Crippen LogP contribution in [-0.4, -0.2) is 29.1 Å². The number of imidazole rings is 1. The Morgan fingerprint density at radius 2 is 0.915 bits per heavy atom. The molecule has 11 aromatic rings. The van der Waals surface area contributed by atoms with Crippen LogP contribution in [0, 0.1) is 0 Å². The van der Waals surface area contributed by atoms with Gasteiger partial charge in [-0.1, -0.05) is 152 Å². The van der Waals surface area contributed by atoms with Gasteiger partial charge in [-0.05, 0) is 81.4 Å². The summed E-state index contributed by atoms with van der Waals surface area (Å²) in [4.78, 5) is 20.7. The normalized spacial score (nSPS) is 13.2. The van der Waals surface area contributed by atoms with Gasteiger partial charge in [0.15, 0.2) is 11.6 Å². The second-order valence-electron chi connectivity index (χ2n) is 15.4. The molecule has 1 aliphatic carbocycles. The molecular weight excluding hydrogens is 721 g/mol. The number of nitrogens with zero attached hydrogens (tertiary/aromatic N) is 6. The first-order chi connectivity index (χ1) is 29.3. The second kappa shape index (κ2) is 12.0. The molecule has 0 amide bonds. The minimum atomic E-state index is -0.566. The molecule has 3 aromatic heterocycles. The zero-order chi connectivity index (χ0) is 38.7. The van der Waals surface area contributed by atoms with Crippen LogP contribution in [0.25, 0.3) is 89.5 Å². The van der Waals surface area contributed by atoms with Gasteiger partial charge in [-0.2, -0.15) is 9.97 Å². The molecule has 0 unspecified atom stereocenters. The molecule has 0 atom stereocenters. The van der Waals surface area contributed by atoms with Crippen LogP contribution in [-0.2, 0) is 5.41 Å². The lowest BCUT2D eigenvalue weighted by atomic mass is 9.72. The monoisotopic (exact) mass is 752 g/mol. The van der Waals surface area contributed by atoms with Crippen LogP contribution < -0.4 is 0 Å². The van der Waals surface area contributed by atoms with Crippen molar-refractivity contribution in [1.29, 1.82) is 0 Å². The van der Waals surface area contributed by atoms with Crippen LogP contribution in [0.2, 0.25) is 0 Å². The van der Waals surface area contributed by atoms with Gasteiger partial charge < -0.3 is 0 Å². The molecule has 6 heteroatoms. The Balaban J connectivity index is 1.03. The summed E-state index contributed by atoms with van der Waals surface area (Å²) < 4.78 is 4.58. The van der Waals surface area contributed by atoms with Gasteiger partial charge in [0.2, 0.25) is 5.95 Å². The van der Waals surface area contributed by atoms with E-state index < -0.39 is 5.41 Å². The van der Waals surface area contributed by atoms with E-state index in [9.17, 15) is 0 Å². The van der Waals surface area contributed by atoms with Gasteiger partial charge >= 0.3 is 0 Å². The van der Waals surface area contributed by atoms with Crippen LogP contribution in [0.15, 0.2) is 194 Å². The zero-order valence-corrected chi connectivity index (χ0v) is 31.7. The Kier molecular flexibility index (Phi) is 6.55. The van der Waals surface area contributed by atoms with Gasteiger partial charge in [0.05, 0.1) is 27.8 Å². The summed E-state index contributed by atoms with van der Waals surface area (Å²) in [7, 11) is 0. The molecule has 8 aromatic carbocycles. The van der Waals surface area contributed by atoms with Crippen molar-refractivity contribution in [3.05, 3.63) is 217 Å². The molecule has 0 N–H and O–H groups in total. The number of benzene rings is 8. The number of aromatic nitrogens is 6. The maximum atomic E-state index is 5.44. The molecule has 0 fully saturated rings. The van der Waals surface area contributed by atoms with Gasteiger partial charge in [0.25, 0.3) is 0 Å². The molecule has 1 aliphatic heterocycles. The highest BCUT2D eigenvalue weighted by atomic mass is 15.2. The smallest absolute Gasteiger partial charge is 0.238 e. The molecule has 4 heterocycles. The van der Waals surface area contributed by atoms with Gasteiger partial charge in [0.1, 0.15) is 11.2 Å². The van der Waals surface area contributed by atoms with Crippen LogP contribution in [0.4, 0.5) is 0 Å². The molecular formula is C53H32N6. The Morgan fingerprint density at radius 1 is 0.356 bits per heavy atom. The topological polar surface area (TPSA) is 61.4 Å². The van der Waals surface area contributed by atoms with Crippen molar-refractivity contribution in [3.63, 3.8) is 0 Å². The summed E-state index contributed by atoms with van der Waals surface area (Å²) in [5.41, 5.74) is 15.3. The van der Waals surface area contributed by atoms with Crippen molar-refractivity contribution in [2.45, 2.75) is 5.41 Å². The fraction of sp³-hybridized carbons (Fsp3) is 0.0189. The van der Waals surface area contributed by atoms with Crippen LogP contribution >= 0.6 is 0 Å². The Morgan fingerprint density at radius 3 is 1.63 bits per heavy atom. The summed E-state index contributed by atoms with van der Waals surface area (Å²) >= 11 is 0.